The van der Waals surface area contributed by atoms with Crippen LogP contribution in [-0.4, -0.2) is 21.7 Å². The summed E-state index contributed by atoms with van der Waals surface area (Å²) in [5.41, 5.74) is 10.7. The largest absolute Gasteiger partial charge is 0.416 e. The number of hydrogen-bond acceptors (Lipinski definition) is 3. The molecule has 0 spiro atoms. The molecule has 0 fully saturated rings. The van der Waals surface area contributed by atoms with Crippen LogP contribution in [-0.2, 0) is 6.18 Å². The zero-order valence-electron chi connectivity index (χ0n) is 14.2. The number of carbonyl (C=O) groups excluding carboxylic acids is 2. The molecule has 1 aromatic heterocycles. The van der Waals surface area contributed by atoms with Crippen molar-refractivity contribution in [3.8, 4) is 16.8 Å². The summed E-state index contributed by atoms with van der Waals surface area (Å²) in [6.07, 6.45) is -3.13. The summed E-state index contributed by atoms with van der Waals surface area (Å²) in [6, 6.07) is 10.5. The van der Waals surface area contributed by atoms with Crippen molar-refractivity contribution < 1.29 is 22.8 Å². The summed E-state index contributed by atoms with van der Waals surface area (Å²) < 4.78 is 40.1. The van der Waals surface area contributed by atoms with E-state index < -0.39 is 23.7 Å². The average Bonchev–Trinajstić information content (AvgIpc) is 3.05. The van der Waals surface area contributed by atoms with Gasteiger partial charge in [-0.3, -0.25) is 4.79 Å². The van der Waals surface area contributed by atoms with Crippen molar-refractivity contribution in [2.75, 3.05) is 5.32 Å². The van der Waals surface area contributed by atoms with Crippen LogP contribution in [0.2, 0.25) is 0 Å². The molecule has 144 valence electrons. The van der Waals surface area contributed by atoms with Crippen LogP contribution >= 0.6 is 0 Å². The molecule has 10 heteroatoms. The Morgan fingerprint density at radius 2 is 1.64 bits per heavy atom. The van der Waals surface area contributed by atoms with Crippen LogP contribution in [0.3, 0.4) is 0 Å². The Morgan fingerprint density at radius 1 is 1.00 bits per heavy atom. The van der Waals surface area contributed by atoms with Crippen molar-refractivity contribution in [2.24, 2.45) is 11.5 Å². The summed E-state index contributed by atoms with van der Waals surface area (Å²) >= 11 is 0. The van der Waals surface area contributed by atoms with E-state index in [9.17, 15) is 22.8 Å². The number of alkyl halides is 3. The first kappa shape index (κ1) is 19.0. The fourth-order valence-corrected chi connectivity index (χ4v) is 2.62. The molecule has 0 bridgehead atoms. The molecule has 3 aromatic rings. The van der Waals surface area contributed by atoms with Gasteiger partial charge in [-0.1, -0.05) is 24.3 Å². The number of aromatic nitrogens is 2. The number of carbonyl (C=O) groups is 2. The van der Waals surface area contributed by atoms with Crippen LogP contribution in [0.15, 0.2) is 54.7 Å². The van der Waals surface area contributed by atoms with E-state index in [1.54, 1.807) is 30.3 Å². The number of anilines is 1. The van der Waals surface area contributed by atoms with Gasteiger partial charge in [0.1, 0.15) is 0 Å². The van der Waals surface area contributed by atoms with Gasteiger partial charge in [0, 0.05) is 0 Å². The SMILES string of the molecule is NC(=O)Nc1cn(-c2cccc(-c3cccc(C(F)(F)F)c3)c2)nc1C(N)=O. The van der Waals surface area contributed by atoms with Gasteiger partial charge in [0.15, 0.2) is 5.69 Å². The van der Waals surface area contributed by atoms with Crippen molar-refractivity contribution in [1.82, 2.24) is 9.78 Å². The van der Waals surface area contributed by atoms with E-state index in [2.05, 4.69) is 10.4 Å². The monoisotopic (exact) mass is 389 g/mol. The van der Waals surface area contributed by atoms with Crippen LogP contribution in [0.4, 0.5) is 23.7 Å². The molecular formula is C18H14F3N5O2. The fraction of sp³-hybridized carbons (Fsp3) is 0.0556. The molecular weight excluding hydrogens is 375 g/mol. The number of nitrogens with zero attached hydrogens (tertiary/aromatic N) is 2. The van der Waals surface area contributed by atoms with E-state index >= 15 is 0 Å². The Hall–Kier alpha value is -3.82. The van der Waals surface area contributed by atoms with Crippen LogP contribution in [0.1, 0.15) is 16.1 Å². The smallest absolute Gasteiger partial charge is 0.364 e. The normalized spacial score (nSPS) is 11.2. The van der Waals surface area contributed by atoms with Gasteiger partial charge >= 0.3 is 12.2 Å². The van der Waals surface area contributed by atoms with Crippen molar-refractivity contribution in [2.45, 2.75) is 6.18 Å². The summed E-state index contributed by atoms with van der Waals surface area (Å²) in [7, 11) is 0. The van der Waals surface area contributed by atoms with E-state index in [4.69, 9.17) is 11.5 Å². The lowest BCUT2D eigenvalue weighted by Crippen LogP contribution is -2.22. The van der Waals surface area contributed by atoms with E-state index in [1.165, 1.54) is 16.9 Å². The van der Waals surface area contributed by atoms with Crippen LogP contribution in [0, 0.1) is 0 Å². The minimum Gasteiger partial charge on any atom is -0.364 e. The predicted octanol–water partition coefficient (Wildman–Crippen LogP) is 3.15. The first-order chi connectivity index (χ1) is 13.1. The molecule has 0 saturated heterocycles. The molecule has 28 heavy (non-hydrogen) atoms. The fourth-order valence-electron chi connectivity index (χ4n) is 2.62. The number of benzene rings is 2. The summed E-state index contributed by atoms with van der Waals surface area (Å²) in [6.45, 7) is 0. The number of nitrogens with two attached hydrogens (primary N) is 2. The molecule has 5 N–H and O–H groups in total. The van der Waals surface area contributed by atoms with Gasteiger partial charge in [-0.2, -0.15) is 18.3 Å². The molecule has 0 aliphatic carbocycles. The van der Waals surface area contributed by atoms with Crippen molar-refractivity contribution >= 4 is 17.6 Å². The summed E-state index contributed by atoms with van der Waals surface area (Å²) in [5.74, 6) is -0.878. The molecule has 0 aliphatic rings. The average molecular weight is 389 g/mol. The second kappa shape index (κ2) is 7.06. The van der Waals surface area contributed by atoms with Crippen LogP contribution in [0.25, 0.3) is 16.8 Å². The molecule has 2 aromatic carbocycles. The van der Waals surface area contributed by atoms with Gasteiger partial charge in [0.2, 0.25) is 0 Å². The predicted molar refractivity (Wildman–Crippen MR) is 95.7 cm³/mol. The number of primary amides is 2. The van der Waals surface area contributed by atoms with Crippen molar-refractivity contribution in [1.29, 1.82) is 0 Å². The molecule has 0 atom stereocenters. The van der Waals surface area contributed by atoms with Crippen LogP contribution in [0.5, 0.6) is 0 Å². The summed E-state index contributed by atoms with van der Waals surface area (Å²) in [4.78, 5) is 22.6. The van der Waals surface area contributed by atoms with E-state index in [0.29, 0.717) is 16.8 Å². The number of urea groups is 1. The molecule has 3 rings (SSSR count). The van der Waals surface area contributed by atoms with E-state index in [-0.39, 0.29) is 11.4 Å². The van der Waals surface area contributed by atoms with Crippen molar-refractivity contribution in [3.63, 3.8) is 0 Å². The standard InChI is InChI=1S/C18H14F3N5O2/c19-18(20,21)12-5-1-3-10(7-12)11-4-2-6-13(8-11)26-9-14(24-17(23)28)15(25-26)16(22)27/h1-9H,(H2,22,27)(H3,23,24,28). The molecule has 0 saturated carbocycles. The third-order valence-corrected chi connectivity index (χ3v) is 3.84. The zero-order valence-corrected chi connectivity index (χ0v) is 14.2. The maximum Gasteiger partial charge on any atom is 0.416 e. The molecule has 0 unspecified atom stereocenters. The first-order valence-electron chi connectivity index (χ1n) is 7.89. The highest BCUT2D eigenvalue weighted by Crippen LogP contribution is 2.32. The third-order valence-electron chi connectivity index (χ3n) is 3.84. The molecule has 0 radical (unpaired) electrons. The second-order valence-corrected chi connectivity index (χ2v) is 5.82. The number of halogens is 3. The van der Waals surface area contributed by atoms with Gasteiger partial charge in [-0.15, -0.1) is 0 Å². The maximum absolute atomic E-state index is 13.0. The number of hydrogen-bond donors (Lipinski definition) is 3. The quantitative estimate of drug-likeness (QED) is 0.636. The highest BCUT2D eigenvalue weighted by molar-refractivity contribution is 6.00. The highest BCUT2D eigenvalue weighted by atomic mass is 19.4. The minimum absolute atomic E-state index is 0.0180. The van der Waals surface area contributed by atoms with Crippen LogP contribution < -0.4 is 16.8 Å². The van der Waals surface area contributed by atoms with Gasteiger partial charge in [0.25, 0.3) is 5.91 Å². The van der Waals surface area contributed by atoms with Gasteiger partial charge in [-0.05, 0) is 35.4 Å². The third kappa shape index (κ3) is 3.95. The number of nitrogens with one attached hydrogen (secondary N) is 1. The zero-order chi connectivity index (χ0) is 20.5. The molecule has 3 amide bonds. The van der Waals surface area contributed by atoms with Gasteiger partial charge < -0.3 is 16.8 Å². The Labute approximate surface area is 156 Å². The number of amides is 3. The van der Waals surface area contributed by atoms with Gasteiger partial charge in [0.05, 0.1) is 23.1 Å². The first-order valence-corrected chi connectivity index (χ1v) is 7.89. The van der Waals surface area contributed by atoms with E-state index in [1.807, 2.05) is 0 Å². The highest BCUT2D eigenvalue weighted by Gasteiger charge is 2.30. The lowest BCUT2D eigenvalue weighted by atomic mass is 10.0. The van der Waals surface area contributed by atoms with Gasteiger partial charge in [-0.25, -0.2) is 9.48 Å². The molecule has 0 aliphatic heterocycles. The Kier molecular flexibility index (Phi) is 4.78. The molecule has 1 heterocycles. The van der Waals surface area contributed by atoms with E-state index in [0.717, 1.165) is 12.1 Å². The lowest BCUT2D eigenvalue weighted by Gasteiger charge is -2.10. The number of rotatable bonds is 4. The second-order valence-electron chi connectivity index (χ2n) is 5.82. The Bertz CT molecular complexity index is 1060. The summed E-state index contributed by atoms with van der Waals surface area (Å²) in [5, 5.41) is 6.26. The minimum atomic E-state index is -4.46. The Morgan fingerprint density at radius 3 is 2.25 bits per heavy atom. The molecule has 7 nitrogen and oxygen atoms in total. The van der Waals surface area contributed by atoms with Crippen molar-refractivity contribution in [3.05, 3.63) is 66.0 Å². The lowest BCUT2D eigenvalue weighted by molar-refractivity contribution is -0.137. The topological polar surface area (TPSA) is 116 Å². The Balaban J connectivity index is 2.03. The maximum atomic E-state index is 13.0.